The molecule has 0 aliphatic carbocycles. The summed E-state index contributed by atoms with van der Waals surface area (Å²) >= 11 is 0. The van der Waals surface area contributed by atoms with Crippen LogP contribution in [-0.2, 0) is 0 Å². The summed E-state index contributed by atoms with van der Waals surface area (Å²) in [5, 5.41) is 0. The van der Waals surface area contributed by atoms with Crippen LogP contribution in [0.5, 0.6) is 0 Å². The van der Waals surface area contributed by atoms with Gasteiger partial charge in [-0.25, -0.2) is 9.37 Å². The van der Waals surface area contributed by atoms with Crippen LogP contribution in [0.4, 0.5) is 4.39 Å². The Balaban J connectivity index is 1.71. The molecular formula is C19H23FN4O2. The summed E-state index contributed by atoms with van der Waals surface area (Å²) in [7, 11) is 0. The molecule has 1 aliphatic rings. The van der Waals surface area contributed by atoms with E-state index in [0.717, 1.165) is 13.0 Å². The van der Waals surface area contributed by atoms with E-state index in [1.807, 2.05) is 6.92 Å². The monoisotopic (exact) mass is 358 g/mol. The molecule has 138 valence electrons. The Morgan fingerprint density at radius 2 is 2.00 bits per heavy atom. The number of nitrogens with one attached hydrogen (secondary N) is 1. The molecule has 26 heavy (non-hydrogen) atoms. The van der Waals surface area contributed by atoms with Crippen LogP contribution < -0.4 is 5.56 Å². The highest BCUT2D eigenvalue weighted by Crippen LogP contribution is 2.19. The van der Waals surface area contributed by atoms with Crippen molar-refractivity contribution in [2.75, 3.05) is 26.2 Å². The van der Waals surface area contributed by atoms with Gasteiger partial charge in [0.05, 0.1) is 11.6 Å². The maximum atomic E-state index is 13.9. The van der Waals surface area contributed by atoms with Crippen molar-refractivity contribution in [3.8, 4) is 0 Å². The molecule has 0 radical (unpaired) electrons. The molecule has 0 bridgehead atoms. The lowest BCUT2D eigenvalue weighted by atomic mass is 10.2. The summed E-state index contributed by atoms with van der Waals surface area (Å²) in [5.41, 5.74) is 0.631. The number of H-pyrrole nitrogens is 1. The van der Waals surface area contributed by atoms with Gasteiger partial charge in [0.1, 0.15) is 11.6 Å². The minimum Gasteiger partial charge on any atom is -0.337 e. The van der Waals surface area contributed by atoms with Gasteiger partial charge in [0.15, 0.2) is 0 Å². The lowest BCUT2D eigenvalue weighted by molar-refractivity contribution is 0.0753. The fourth-order valence-corrected chi connectivity index (χ4v) is 3.31. The van der Waals surface area contributed by atoms with Gasteiger partial charge in [-0.15, -0.1) is 0 Å². The summed E-state index contributed by atoms with van der Waals surface area (Å²) in [6, 6.07) is 7.47. The molecule has 3 rings (SSSR count). The third kappa shape index (κ3) is 3.99. The van der Waals surface area contributed by atoms with Gasteiger partial charge >= 0.3 is 0 Å². The number of benzene rings is 1. The maximum Gasteiger partial charge on any atom is 0.256 e. The molecule has 0 saturated carbocycles. The molecule has 1 unspecified atom stereocenters. The van der Waals surface area contributed by atoms with Gasteiger partial charge in [0, 0.05) is 37.9 Å². The highest BCUT2D eigenvalue weighted by molar-refractivity contribution is 5.94. The van der Waals surface area contributed by atoms with Gasteiger partial charge < -0.3 is 9.88 Å². The smallest absolute Gasteiger partial charge is 0.256 e. The van der Waals surface area contributed by atoms with Crippen LogP contribution in [-0.4, -0.2) is 51.9 Å². The summed E-state index contributed by atoms with van der Waals surface area (Å²) in [6.45, 7) is 6.29. The van der Waals surface area contributed by atoms with Crippen molar-refractivity contribution in [1.82, 2.24) is 19.8 Å². The van der Waals surface area contributed by atoms with Crippen molar-refractivity contribution < 1.29 is 9.18 Å². The number of hydrogen-bond donors (Lipinski definition) is 1. The van der Waals surface area contributed by atoms with E-state index in [2.05, 4.69) is 14.9 Å². The van der Waals surface area contributed by atoms with Crippen LogP contribution in [0.25, 0.3) is 0 Å². The number of rotatable bonds is 3. The van der Waals surface area contributed by atoms with Crippen molar-refractivity contribution in [2.24, 2.45) is 0 Å². The van der Waals surface area contributed by atoms with E-state index >= 15 is 0 Å². The number of halogens is 1. The quantitative estimate of drug-likeness (QED) is 0.913. The third-order valence-electron chi connectivity index (χ3n) is 4.75. The van der Waals surface area contributed by atoms with Crippen molar-refractivity contribution in [2.45, 2.75) is 26.3 Å². The zero-order valence-electron chi connectivity index (χ0n) is 15.0. The SMILES string of the molecule is Cc1cc(=O)[nH]c(C(C)N2CCCN(C(=O)c3ccccc3F)CC2)n1. The predicted octanol–water partition coefficient (Wildman–Crippen LogP) is 2.13. The molecule has 1 atom stereocenters. The molecule has 1 aliphatic heterocycles. The van der Waals surface area contributed by atoms with Crippen molar-refractivity contribution in [1.29, 1.82) is 0 Å². The average Bonchev–Trinajstić information content (AvgIpc) is 2.86. The molecule has 2 heterocycles. The lowest BCUT2D eigenvalue weighted by Crippen LogP contribution is -2.36. The van der Waals surface area contributed by atoms with Crippen molar-refractivity contribution in [3.05, 3.63) is 63.6 Å². The number of nitrogens with zero attached hydrogens (tertiary/aromatic N) is 3. The Labute approximate surface area is 151 Å². The highest BCUT2D eigenvalue weighted by Gasteiger charge is 2.25. The average molecular weight is 358 g/mol. The van der Waals surface area contributed by atoms with Crippen LogP contribution >= 0.6 is 0 Å². The maximum absolute atomic E-state index is 13.9. The fourth-order valence-electron chi connectivity index (χ4n) is 3.31. The number of aromatic nitrogens is 2. The van der Waals surface area contributed by atoms with Crippen molar-refractivity contribution in [3.63, 3.8) is 0 Å². The number of amides is 1. The highest BCUT2D eigenvalue weighted by atomic mass is 19.1. The van der Waals surface area contributed by atoms with Gasteiger partial charge in [-0.05, 0) is 32.4 Å². The first kappa shape index (κ1) is 18.3. The normalized spacial score (nSPS) is 17.0. The van der Waals surface area contributed by atoms with Gasteiger partial charge in [-0.1, -0.05) is 12.1 Å². The minimum absolute atomic E-state index is 0.0638. The molecular weight excluding hydrogens is 335 g/mol. The van der Waals surface area contributed by atoms with E-state index < -0.39 is 5.82 Å². The number of carbonyl (C=O) groups is 1. The summed E-state index contributed by atoms with van der Waals surface area (Å²) < 4.78 is 13.9. The fraction of sp³-hybridized carbons (Fsp3) is 0.421. The minimum atomic E-state index is -0.492. The molecule has 1 N–H and O–H groups in total. The Morgan fingerprint density at radius 3 is 2.73 bits per heavy atom. The summed E-state index contributed by atoms with van der Waals surface area (Å²) in [5.74, 6) is -0.142. The molecule has 1 saturated heterocycles. The van der Waals surface area contributed by atoms with Gasteiger partial charge in [-0.3, -0.25) is 14.5 Å². The zero-order chi connectivity index (χ0) is 18.7. The summed E-state index contributed by atoms with van der Waals surface area (Å²) in [6.07, 6.45) is 0.778. The number of aromatic amines is 1. The van der Waals surface area contributed by atoms with Crippen LogP contribution in [0.1, 0.15) is 41.3 Å². The van der Waals surface area contributed by atoms with Crippen LogP contribution in [0, 0.1) is 12.7 Å². The molecule has 0 spiro atoms. The van der Waals surface area contributed by atoms with Crippen LogP contribution in [0.15, 0.2) is 35.1 Å². The van der Waals surface area contributed by atoms with E-state index in [4.69, 9.17) is 0 Å². The largest absolute Gasteiger partial charge is 0.337 e. The molecule has 1 aromatic carbocycles. The second-order valence-corrected chi connectivity index (χ2v) is 6.61. The first-order valence-corrected chi connectivity index (χ1v) is 8.81. The van der Waals surface area contributed by atoms with E-state index in [9.17, 15) is 14.0 Å². The third-order valence-corrected chi connectivity index (χ3v) is 4.75. The summed E-state index contributed by atoms with van der Waals surface area (Å²) in [4.78, 5) is 35.4. The Morgan fingerprint density at radius 1 is 1.23 bits per heavy atom. The second-order valence-electron chi connectivity index (χ2n) is 6.61. The first-order chi connectivity index (χ1) is 12.5. The number of carbonyl (C=O) groups excluding carboxylic acids is 1. The first-order valence-electron chi connectivity index (χ1n) is 8.81. The van der Waals surface area contributed by atoms with Crippen LogP contribution in [0.2, 0.25) is 0 Å². The molecule has 7 heteroatoms. The van der Waals surface area contributed by atoms with Gasteiger partial charge in [-0.2, -0.15) is 0 Å². The standard InChI is InChI=1S/C19H23FN4O2/c1-13-12-17(25)22-18(21-13)14(2)23-8-5-9-24(11-10-23)19(26)15-6-3-4-7-16(15)20/h3-4,6-7,12,14H,5,8-11H2,1-2H3,(H,21,22,25). The zero-order valence-corrected chi connectivity index (χ0v) is 15.0. The Bertz CT molecular complexity index is 851. The van der Waals surface area contributed by atoms with Crippen molar-refractivity contribution >= 4 is 5.91 Å². The molecule has 1 fully saturated rings. The second kappa shape index (κ2) is 7.78. The number of aryl methyl sites for hydroxylation is 1. The Kier molecular flexibility index (Phi) is 5.46. The van der Waals surface area contributed by atoms with Crippen LogP contribution in [0.3, 0.4) is 0 Å². The lowest BCUT2D eigenvalue weighted by Gasteiger charge is -2.27. The topological polar surface area (TPSA) is 69.3 Å². The number of hydrogen-bond acceptors (Lipinski definition) is 4. The Hall–Kier alpha value is -2.54. The van der Waals surface area contributed by atoms with Gasteiger partial charge in [0.2, 0.25) is 0 Å². The molecule has 2 aromatic rings. The molecule has 1 aromatic heterocycles. The van der Waals surface area contributed by atoms with Gasteiger partial charge in [0.25, 0.3) is 11.5 Å². The molecule has 6 nitrogen and oxygen atoms in total. The van der Waals surface area contributed by atoms with E-state index in [-0.39, 0.29) is 23.1 Å². The molecule has 1 amide bonds. The van der Waals surface area contributed by atoms with E-state index in [0.29, 0.717) is 31.2 Å². The van der Waals surface area contributed by atoms with E-state index in [1.165, 1.54) is 18.2 Å². The van der Waals surface area contributed by atoms with E-state index in [1.54, 1.807) is 24.0 Å². The predicted molar refractivity (Wildman–Crippen MR) is 96.5 cm³/mol.